The Labute approximate surface area is 248 Å². The second-order valence-electron chi connectivity index (χ2n) is 11.0. The number of pyridine rings is 2. The second-order valence-corrected chi connectivity index (χ2v) is 11.0. The first-order valence-electron chi connectivity index (χ1n) is 14.7. The lowest BCUT2D eigenvalue weighted by atomic mass is 9.93. The molecule has 0 unspecified atom stereocenters. The first-order chi connectivity index (χ1) is 20.3. The maximum atomic E-state index is 14.2. The van der Waals surface area contributed by atoms with Crippen LogP contribution in [-0.2, 0) is 6.54 Å². The summed E-state index contributed by atoms with van der Waals surface area (Å²) in [6.07, 6.45) is 3.43. The van der Waals surface area contributed by atoms with Crippen LogP contribution >= 0.6 is 0 Å². The molecule has 0 saturated heterocycles. The first-order valence-corrected chi connectivity index (χ1v) is 14.7. The van der Waals surface area contributed by atoms with Crippen LogP contribution in [0.2, 0.25) is 0 Å². The van der Waals surface area contributed by atoms with E-state index in [1.54, 1.807) is 10.8 Å². The van der Waals surface area contributed by atoms with Gasteiger partial charge in [-0.1, -0.05) is 83.2 Å². The molecule has 0 radical (unpaired) electrons. The van der Waals surface area contributed by atoms with Crippen molar-refractivity contribution in [2.75, 3.05) is 24.2 Å². The number of carbonyl (C=O) groups excluding carboxylic acids is 1. The van der Waals surface area contributed by atoms with Gasteiger partial charge in [-0.15, -0.1) is 0 Å². The van der Waals surface area contributed by atoms with Gasteiger partial charge in [0.15, 0.2) is 0 Å². The van der Waals surface area contributed by atoms with Crippen LogP contribution in [0.4, 0.5) is 16.2 Å². The van der Waals surface area contributed by atoms with E-state index in [0.29, 0.717) is 24.3 Å². The van der Waals surface area contributed by atoms with Crippen LogP contribution < -0.4 is 21.5 Å². The molecule has 0 bridgehead atoms. The van der Waals surface area contributed by atoms with Crippen LogP contribution in [0.3, 0.4) is 0 Å². The smallest absolute Gasteiger partial charge is 0.309 e. The normalized spacial score (nSPS) is 11.0. The standard InChI is InChI=1S/C35H41N5O2/c1-7-8-21-40-33-29(18-12-20-37-33)30(26-15-9-13-25(22-26)14-11-19-36-6)32(34(40)41)39-35(42)38-31-27(23(2)3)16-10-17-28(31)24(4)5/h9-10,12-13,15-18,20,22-24,36H,7-8,19,21H2,1-6H3,(H2,38,39,42). The summed E-state index contributed by atoms with van der Waals surface area (Å²) in [6.45, 7) is 11.6. The summed E-state index contributed by atoms with van der Waals surface area (Å²) in [6, 6.07) is 17.2. The van der Waals surface area contributed by atoms with E-state index in [1.165, 1.54) is 0 Å². The molecule has 7 heteroatoms. The number of benzene rings is 2. The second kappa shape index (κ2) is 14.0. The minimum atomic E-state index is -0.460. The number of aromatic nitrogens is 2. The maximum absolute atomic E-state index is 14.2. The predicted octanol–water partition coefficient (Wildman–Crippen LogP) is 7.33. The van der Waals surface area contributed by atoms with Gasteiger partial charge in [-0.3, -0.25) is 9.36 Å². The molecular formula is C35H41N5O2. The number of fused-ring (bicyclic) bond motifs is 1. The van der Waals surface area contributed by atoms with Gasteiger partial charge in [0.2, 0.25) is 0 Å². The fourth-order valence-corrected chi connectivity index (χ4v) is 5.16. The average molecular weight is 564 g/mol. The van der Waals surface area contributed by atoms with Gasteiger partial charge < -0.3 is 16.0 Å². The zero-order chi connectivity index (χ0) is 30.2. The van der Waals surface area contributed by atoms with Gasteiger partial charge in [-0.05, 0) is 66.3 Å². The molecule has 0 aliphatic rings. The van der Waals surface area contributed by atoms with Crippen LogP contribution in [0.15, 0.2) is 65.6 Å². The lowest BCUT2D eigenvalue weighted by Gasteiger charge is -2.21. The summed E-state index contributed by atoms with van der Waals surface area (Å²) in [4.78, 5) is 32.5. The summed E-state index contributed by atoms with van der Waals surface area (Å²) >= 11 is 0. The molecule has 0 fully saturated rings. The number of rotatable bonds is 9. The van der Waals surface area contributed by atoms with E-state index in [-0.39, 0.29) is 23.1 Å². The highest BCUT2D eigenvalue weighted by Gasteiger charge is 2.22. The van der Waals surface area contributed by atoms with Crippen molar-refractivity contribution >= 4 is 28.4 Å². The average Bonchev–Trinajstić information content (AvgIpc) is 2.97. The topological polar surface area (TPSA) is 88.0 Å². The zero-order valence-electron chi connectivity index (χ0n) is 25.5. The molecule has 218 valence electrons. The molecule has 42 heavy (non-hydrogen) atoms. The van der Waals surface area contributed by atoms with Crippen LogP contribution in [0.25, 0.3) is 22.2 Å². The van der Waals surface area contributed by atoms with Gasteiger partial charge >= 0.3 is 6.03 Å². The lowest BCUT2D eigenvalue weighted by Crippen LogP contribution is -2.30. The summed E-state index contributed by atoms with van der Waals surface area (Å²) in [5.74, 6) is 6.68. The lowest BCUT2D eigenvalue weighted by molar-refractivity contribution is 0.262. The molecule has 0 saturated carbocycles. The van der Waals surface area contributed by atoms with Crippen molar-refractivity contribution in [3.63, 3.8) is 0 Å². The molecule has 4 rings (SSSR count). The van der Waals surface area contributed by atoms with Crippen molar-refractivity contribution in [2.24, 2.45) is 0 Å². The number of para-hydroxylation sites is 1. The Bertz CT molecular complexity index is 1670. The molecular weight excluding hydrogens is 522 g/mol. The minimum absolute atomic E-state index is 0.208. The summed E-state index contributed by atoms with van der Waals surface area (Å²) < 4.78 is 1.68. The fourth-order valence-electron chi connectivity index (χ4n) is 5.16. The number of nitrogens with one attached hydrogen (secondary N) is 3. The third kappa shape index (κ3) is 6.72. The summed E-state index contributed by atoms with van der Waals surface area (Å²) in [5, 5.41) is 9.91. The number of hydrogen-bond acceptors (Lipinski definition) is 4. The monoisotopic (exact) mass is 563 g/mol. The number of aryl methyl sites for hydroxylation is 1. The quantitative estimate of drug-likeness (QED) is 0.186. The third-order valence-corrected chi connectivity index (χ3v) is 7.26. The molecule has 0 aliphatic heterocycles. The third-order valence-electron chi connectivity index (χ3n) is 7.26. The molecule has 2 amide bonds. The molecule has 3 N–H and O–H groups in total. The van der Waals surface area contributed by atoms with Crippen LogP contribution in [0.5, 0.6) is 0 Å². The molecule has 2 heterocycles. The van der Waals surface area contributed by atoms with E-state index in [2.05, 4.69) is 67.4 Å². The number of nitrogens with zero attached hydrogens (tertiary/aromatic N) is 2. The van der Waals surface area contributed by atoms with E-state index >= 15 is 0 Å². The van der Waals surface area contributed by atoms with Gasteiger partial charge in [0.05, 0.1) is 6.54 Å². The Morgan fingerprint density at radius 1 is 0.952 bits per heavy atom. The van der Waals surface area contributed by atoms with Crippen molar-refractivity contribution in [1.29, 1.82) is 0 Å². The van der Waals surface area contributed by atoms with Gasteiger partial charge in [0, 0.05) is 34.9 Å². The Morgan fingerprint density at radius 2 is 1.64 bits per heavy atom. The van der Waals surface area contributed by atoms with E-state index in [1.807, 2.05) is 61.6 Å². The number of hydrogen-bond donors (Lipinski definition) is 3. The highest BCUT2D eigenvalue weighted by atomic mass is 16.2. The van der Waals surface area contributed by atoms with Crippen molar-refractivity contribution in [1.82, 2.24) is 14.9 Å². The van der Waals surface area contributed by atoms with Crippen molar-refractivity contribution < 1.29 is 4.79 Å². The highest BCUT2D eigenvalue weighted by Crippen LogP contribution is 2.35. The molecule has 0 aliphatic carbocycles. The van der Waals surface area contributed by atoms with Gasteiger partial charge in [-0.2, -0.15) is 0 Å². The molecule has 2 aromatic heterocycles. The van der Waals surface area contributed by atoms with Crippen molar-refractivity contribution in [3.8, 4) is 23.0 Å². The zero-order valence-corrected chi connectivity index (χ0v) is 25.5. The maximum Gasteiger partial charge on any atom is 0.323 e. The SMILES string of the molecule is CCCCn1c(=O)c(NC(=O)Nc2c(C(C)C)cccc2C(C)C)c(-c2cccc(C#CCNC)c2)c2cccnc21. The molecule has 0 spiro atoms. The van der Waals surface area contributed by atoms with E-state index < -0.39 is 6.03 Å². The minimum Gasteiger partial charge on any atom is -0.309 e. The number of unbranched alkanes of at least 4 members (excludes halogenated alkanes) is 1. The molecule has 7 nitrogen and oxygen atoms in total. The van der Waals surface area contributed by atoms with E-state index in [4.69, 9.17) is 0 Å². The Hall–Kier alpha value is -4.41. The highest BCUT2D eigenvalue weighted by molar-refractivity contribution is 6.07. The van der Waals surface area contributed by atoms with Gasteiger partial charge in [-0.25, -0.2) is 9.78 Å². The van der Waals surface area contributed by atoms with Crippen LogP contribution in [0, 0.1) is 11.8 Å². The van der Waals surface area contributed by atoms with E-state index in [0.717, 1.165) is 46.2 Å². The van der Waals surface area contributed by atoms with Gasteiger partial charge in [0.1, 0.15) is 11.3 Å². The number of carbonyl (C=O) groups is 1. The predicted molar refractivity (Wildman–Crippen MR) is 174 cm³/mol. The molecule has 0 atom stereocenters. The first kappa shape index (κ1) is 30.5. The summed E-state index contributed by atoms with van der Waals surface area (Å²) in [5.41, 5.74) is 5.64. The van der Waals surface area contributed by atoms with Crippen molar-refractivity contribution in [2.45, 2.75) is 65.8 Å². The Kier molecular flexibility index (Phi) is 10.2. The molecule has 2 aromatic carbocycles. The number of amides is 2. The number of anilines is 2. The largest absolute Gasteiger partial charge is 0.323 e. The van der Waals surface area contributed by atoms with Crippen molar-refractivity contribution in [3.05, 3.63) is 87.8 Å². The number of urea groups is 1. The van der Waals surface area contributed by atoms with Gasteiger partial charge in [0.25, 0.3) is 5.56 Å². The Balaban J connectivity index is 1.90. The van der Waals surface area contributed by atoms with Crippen LogP contribution in [-0.4, -0.2) is 29.2 Å². The van der Waals surface area contributed by atoms with E-state index in [9.17, 15) is 9.59 Å². The Morgan fingerprint density at radius 3 is 2.31 bits per heavy atom. The van der Waals surface area contributed by atoms with Crippen LogP contribution in [0.1, 0.15) is 76.0 Å². The fraction of sp³-hybridized carbons (Fsp3) is 0.343. The summed E-state index contributed by atoms with van der Waals surface area (Å²) in [7, 11) is 1.85. The molecule has 4 aromatic rings.